The smallest absolute Gasteiger partial charge is 0.249 e. The van der Waals surface area contributed by atoms with Crippen molar-refractivity contribution in [2.45, 2.75) is 62.7 Å². The Bertz CT molecular complexity index is 1460. The number of H-pyrrole nitrogens is 1. The Balaban J connectivity index is 1.47. The van der Waals surface area contributed by atoms with Crippen molar-refractivity contribution < 1.29 is 8.78 Å². The molecule has 0 atom stereocenters. The number of nitrogens with zero attached hydrogens (tertiary/aromatic N) is 4. The molecule has 2 aliphatic carbocycles. The molecule has 0 radical (unpaired) electrons. The predicted octanol–water partition coefficient (Wildman–Crippen LogP) is 5.95. The summed E-state index contributed by atoms with van der Waals surface area (Å²) in [4.78, 5) is 30.2. The van der Waals surface area contributed by atoms with Gasteiger partial charge in [0, 0.05) is 67.9 Å². The van der Waals surface area contributed by atoms with Crippen LogP contribution in [0.15, 0.2) is 47.8 Å². The van der Waals surface area contributed by atoms with E-state index in [2.05, 4.69) is 19.9 Å². The second kappa shape index (κ2) is 8.36. The number of aromatic nitrogens is 5. The Morgan fingerprint density at radius 1 is 1.03 bits per heavy atom. The number of aromatic amines is 1. The number of alkyl halides is 2. The zero-order chi connectivity index (χ0) is 24.2. The molecule has 0 bridgehead atoms. The first-order valence-corrected chi connectivity index (χ1v) is 12.3. The van der Waals surface area contributed by atoms with Gasteiger partial charge in [0.1, 0.15) is 5.69 Å². The van der Waals surface area contributed by atoms with Gasteiger partial charge in [-0.2, -0.15) is 0 Å². The molecule has 0 aromatic carbocycles. The third-order valence-corrected chi connectivity index (χ3v) is 7.58. The molecule has 0 unspecified atom stereocenters. The Morgan fingerprint density at radius 3 is 2.54 bits per heavy atom. The molecule has 4 aromatic rings. The quantitative estimate of drug-likeness (QED) is 0.396. The van der Waals surface area contributed by atoms with Gasteiger partial charge < -0.3 is 9.55 Å². The fraction of sp³-hybridized carbons (Fsp3) is 0.407. The van der Waals surface area contributed by atoms with E-state index in [1.165, 1.54) is 6.42 Å². The number of pyridine rings is 3. The van der Waals surface area contributed by atoms with Crippen molar-refractivity contribution in [3.63, 3.8) is 0 Å². The van der Waals surface area contributed by atoms with E-state index in [9.17, 15) is 13.6 Å². The van der Waals surface area contributed by atoms with Gasteiger partial charge in [-0.25, -0.2) is 13.8 Å². The molecular formula is C27H27F2N5O. The van der Waals surface area contributed by atoms with Gasteiger partial charge in [-0.3, -0.25) is 14.8 Å². The minimum absolute atomic E-state index is 0.140. The number of rotatable bonds is 4. The summed E-state index contributed by atoms with van der Waals surface area (Å²) in [5.74, 6) is -1.83. The monoisotopic (exact) mass is 475 g/mol. The predicted molar refractivity (Wildman–Crippen MR) is 131 cm³/mol. The minimum atomic E-state index is -2.58. The Hall–Kier alpha value is -3.42. The normalized spacial score (nSPS) is 18.6. The van der Waals surface area contributed by atoms with Crippen LogP contribution in [0.1, 0.15) is 68.0 Å². The number of aryl methyl sites for hydroxylation is 1. The summed E-state index contributed by atoms with van der Waals surface area (Å²) in [5.41, 5.74) is 4.49. The SMILES string of the molecule is Cn1ccnc1-c1nccc2[nH]c(-c3cnc(C4CC(F)(F)C4)cc3C3CCCCC3)cc(=O)c12. The van der Waals surface area contributed by atoms with E-state index in [0.29, 0.717) is 34.0 Å². The van der Waals surface area contributed by atoms with Crippen molar-refractivity contribution >= 4 is 10.9 Å². The number of hydrogen-bond acceptors (Lipinski definition) is 4. The van der Waals surface area contributed by atoms with Gasteiger partial charge in [0.15, 0.2) is 11.3 Å². The van der Waals surface area contributed by atoms with Crippen LogP contribution in [0.2, 0.25) is 0 Å². The average molecular weight is 476 g/mol. The van der Waals surface area contributed by atoms with Crippen molar-refractivity contribution in [1.29, 1.82) is 0 Å². The molecule has 0 amide bonds. The average Bonchev–Trinajstić information content (AvgIpc) is 3.28. The third-order valence-electron chi connectivity index (χ3n) is 7.58. The highest BCUT2D eigenvalue weighted by molar-refractivity contribution is 5.92. The highest BCUT2D eigenvalue weighted by Crippen LogP contribution is 2.49. The lowest BCUT2D eigenvalue weighted by atomic mass is 9.76. The first-order chi connectivity index (χ1) is 16.9. The molecule has 4 aromatic heterocycles. The van der Waals surface area contributed by atoms with E-state index in [1.807, 2.05) is 23.9 Å². The molecule has 6 nitrogen and oxygen atoms in total. The van der Waals surface area contributed by atoms with Gasteiger partial charge in [0.25, 0.3) is 0 Å². The second-order valence-electron chi connectivity index (χ2n) is 9.98. The summed E-state index contributed by atoms with van der Waals surface area (Å²) in [5, 5.41) is 0.492. The zero-order valence-corrected chi connectivity index (χ0v) is 19.6. The first kappa shape index (κ1) is 22.1. The largest absolute Gasteiger partial charge is 0.354 e. The van der Waals surface area contributed by atoms with Crippen molar-refractivity contribution in [1.82, 2.24) is 24.5 Å². The maximum absolute atomic E-state index is 13.5. The van der Waals surface area contributed by atoms with E-state index < -0.39 is 5.92 Å². The molecule has 1 N–H and O–H groups in total. The molecule has 8 heteroatoms. The highest BCUT2D eigenvalue weighted by atomic mass is 19.3. The van der Waals surface area contributed by atoms with Crippen molar-refractivity contribution in [3.8, 4) is 22.8 Å². The van der Waals surface area contributed by atoms with Crippen LogP contribution in [0.3, 0.4) is 0 Å². The van der Waals surface area contributed by atoms with Crippen molar-refractivity contribution in [2.24, 2.45) is 7.05 Å². The Labute approximate surface area is 201 Å². The fourth-order valence-corrected chi connectivity index (χ4v) is 5.67. The van der Waals surface area contributed by atoms with Gasteiger partial charge >= 0.3 is 0 Å². The van der Waals surface area contributed by atoms with Crippen LogP contribution >= 0.6 is 0 Å². The van der Waals surface area contributed by atoms with E-state index in [0.717, 1.165) is 42.5 Å². The highest BCUT2D eigenvalue weighted by Gasteiger charge is 2.46. The van der Waals surface area contributed by atoms with Crippen LogP contribution < -0.4 is 5.43 Å². The van der Waals surface area contributed by atoms with Crippen LogP contribution in [-0.2, 0) is 7.05 Å². The summed E-state index contributed by atoms with van der Waals surface area (Å²) >= 11 is 0. The summed E-state index contributed by atoms with van der Waals surface area (Å²) in [6.45, 7) is 0. The number of hydrogen-bond donors (Lipinski definition) is 1. The van der Waals surface area contributed by atoms with Crippen molar-refractivity contribution in [3.05, 3.63) is 64.5 Å². The lowest BCUT2D eigenvalue weighted by molar-refractivity contribution is -0.0876. The van der Waals surface area contributed by atoms with Crippen LogP contribution in [-0.4, -0.2) is 30.4 Å². The van der Waals surface area contributed by atoms with Crippen LogP contribution in [0.4, 0.5) is 8.78 Å². The molecule has 2 saturated carbocycles. The summed E-state index contributed by atoms with van der Waals surface area (Å²) in [7, 11) is 1.87. The fourth-order valence-electron chi connectivity index (χ4n) is 5.67. The molecule has 2 aliphatic rings. The van der Waals surface area contributed by atoms with Crippen LogP contribution in [0, 0.1) is 0 Å². The molecule has 0 saturated heterocycles. The first-order valence-electron chi connectivity index (χ1n) is 12.3. The topological polar surface area (TPSA) is 76.5 Å². The van der Waals surface area contributed by atoms with Crippen molar-refractivity contribution in [2.75, 3.05) is 0 Å². The third kappa shape index (κ3) is 3.94. The van der Waals surface area contributed by atoms with Crippen LogP contribution in [0.5, 0.6) is 0 Å². The molecule has 2 fully saturated rings. The molecule has 180 valence electrons. The molecule has 35 heavy (non-hydrogen) atoms. The lowest BCUT2D eigenvalue weighted by Crippen LogP contribution is -2.34. The molecular weight excluding hydrogens is 448 g/mol. The Kier molecular flexibility index (Phi) is 5.27. The van der Waals surface area contributed by atoms with E-state index in [-0.39, 0.29) is 24.2 Å². The zero-order valence-electron chi connectivity index (χ0n) is 19.6. The van der Waals surface area contributed by atoms with E-state index in [1.54, 1.807) is 30.7 Å². The molecule has 0 spiro atoms. The molecule has 0 aliphatic heterocycles. The summed E-state index contributed by atoms with van der Waals surface area (Å²) in [6, 6.07) is 5.43. The summed E-state index contributed by atoms with van der Waals surface area (Å²) < 4.78 is 28.9. The lowest BCUT2D eigenvalue weighted by Gasteiger charge is -2.35. The standard InChI is InChI=1S/C27H27F2N5O/c1-34-10-9-31-26(34)25-24-20(7-8-30-25)33-22(12-23(24)35)19-15-32-21(17-13-27(28,29)14-17)11-18(19)16-5-3-2-4-6-16/h7-12,15-17H,2-6,13-14H2,1H3,(H,33,35). The van der Waals surface area contributed by atoms with Gasteiger partial charge in [-0.05, 0) is 36.5 Å². The van der Waals surface area contributed by atoms with E-state index in [4.69, 9.17) is 0 Å². The van der Waals surface area contributed by atoms with Gasteiger partial charge in [-0.15, -0.1) is 0 Å². The number of halogens is 2. The molecule has 6 rings (SSSR count). The van der Waals surface area contributed by atoms with Crippen LogP contribution in [0.25, 0.3) is 33.7 Å². The number of fused-ring (bicyclic) bond motifs is 1. The maximum Gasteiger partial charge on any atom is 0.249 e. The van der Waals surface area contributed by atoms with Gasteiger partial charge in [0.2, 0.25) is 5.92 Å². The van der Waals surface area contributed by atoms with E-state index >= 15 is 0 Å². The molecule has 4 heterocycles. The second-order valence-corrected chi connectivity index (χ2v) is 9.98. The van der Waals surface area contributed by atoms with Gasteiger partial charge in [-0.1, -0.05) is 19.3 Å². The van der Waals surface area contributed by atoms with Gasteiger partial charge in [0.05, 0.1) is 16.6 Å². The minimum Gasteiger partial charge on any atom is -0.354 e. The summed E-state index contributed by atoms with van der Waals surface area (Å²) in [6.07, 6.45) is 12.3. The number of nitrogens with one attached hydrogen (secondary N) is 1. The number of imidazole rings is 1. The maximum atomic E-state index is 13.5. The Morgan fingerprint density at radius 2 is 1.83 bits per heavy atom.